The number of phenolic OH excluding ortho intramolecular Hbond substituents is 1. The first kappa shape index (κ1) is 39.1. The number of halogens is 2. The maximum Gasteiger partial charge on any atom is 0.165 e. The van der Waals surface area contributed by atoms with Gasteiger partial charge < -0.3 is 27.3 Å². The van der Waals surface area contributed by atoms with Crippen LogP contribution in [0.25, 0.3) is 5.70 Å². The van der Waals surface area contributed by atoms with Gasteiger partial charge in [0.2, 0.25) is 0 Å². The summed E-state index contributed by atoms with van der Waals surface area (Å²) in [7, 11) is 0. The minimum atomic E-state index is -0.358. The van der Waals surface area contributed by atoms with Gasteiger partial charge in [-0.2, -0.15) is 0 Å². The van der Waals surface area contributed by atoms with Crippen molar-refractivity contribution < 1.29 is 9.90 Å². The lowest BCUT2D eigenvalue weighted by molar-refractivity contribution is -0.104. The van der Waals surface area contributed by atoms with Crippen molar-refractivity contribution in [3.63, 3.8) is 0 Å². The van der Waals surface area contributed by atoms with Gasteiger partial charge in [0.05, 0.1) is 22.4 Å². The predicted octanol–water partition coefficient (Wildman–Crippen LogP) is 8.64. The Balaban J connectivity index is 0.000000944. The van der Waals surface area contributed by atoms with Crippen molar-refractivity contribution in [3.05, 3.63) is 87.7 Å². The topological polar surface area (TPSA) is 117 Å². The third-order valence-electron chi connectivity index (χ3n) is 7.12. The molecule has 0 radical (unpaired) electrons. The number of aromatic hydroxyl groups is 1. The number of hydrogen-bond donors (Lipinski definition) is 5. The molecule has 0 aromatic heterocycles. The summed E-state index contributed by atoms with van der Waals surface area (Å²) in [5.74, 6) is 0.929. The van der Waals surface area contributed by atoms with Crippen molar-refractivity contribution in [1.82, 2.24) is 10.4 Å². The number of unbranched alkanes of at least 4 members (excludes halogenated alkanes) is 1. The molecular formula is C35H53Cl2N5O2. The molecule has 0 aliphatic carbocycles. The highest BCUT2D eigenvalue weighted by atomic mass is 35.5. The van der Waals surface area contributed by atoms with Crippen LogP contribution in [-0.2, 0) is 4.79 Å². The van der Waals surface area contributed by atoms with Crippen LogP contribution in [0.2, 0.25) is 10.0 Å². The average molecular weight is 647 g/mol. The van der Waals surface area contributed by atoms with E-state index in [9.17, 15) is 9.90 Å². The highest BCUT2D eigenvalue weighted by Gasteiger charge is 2.23. The molecule has 2 atom stereocenters. The summed E-state index contributed by atoms with van der Waals surface area (Å²) >= 11 is 12.6. The van der Waals surface area contributed by atoms with Gasteiger partial charge in [-0.3, -0.25) is 4.79 Å². The van der Waals surface area contributed by atoms with Gasteiger partial charge in [0.25, 0.3) is 0 Å². The van der Waals surface area contributed by atoms with E-state index in [4.69, 9.17) is 34.7 Å². The maximum atomic E-state index is 9.83. The number of anilines is 1. The molecule has 7 nitrogen and oxygen atoms in total. The minimum absolute atomic E-state index is 0.0741. The Morgan fingerprint density at radius 3 is 2.27 bits per heavy atom. The first-order valence-corrected chi connectivity index (χ1v) is 16.4. The zero-order valence-corrected chi connectivity index (χ0v) is 28.6. The summed E-state index contributed by atoms with van der Waals surface area (Å²) in [5.41, 5.74) is 19.8. The summed E-state index contributed by atoms with van der Waals surface area (Å²) in [5, 5.41) is 16.7. The monoisotopic (exact) mass is 645 g/mol. The summed E-state index contributed by atoms with van der Waals surface area (Å²) < 4.78 is 0. The molecule has 2 aromatic carbocycles. The second kappa shape index (κ2) is 21.7. The predicted molar refractivity (Wildman–Crippen MR) is 189 cm³/mol. The van der Waals surface area contributed by atoms with Gasteiger partial charge in [0.15, 0.2) is 6.29 Å². The van der Waals surface area contributed by atoms with Crippen LogP contribution in [-0.4, -0.2) is 35.5 Å². The number of hydrazine groups is 1. The molecule has 1 heterocycles. The van der Waals surface area contributed by atoms with E-state index >= 15 is 0 Å². The molecular weight excluding hydrogens is 593 g/mol. The van der Waals surface area contributed by atoms with Crippen molar-refractivity contribution >= 4 is 40.9 Å². The van der Waals surface area contributed by atoms with Crippen LogP contribution in [0.4, 0.5) is 5.69 Å². The van der Waals surface area contributed by atoms with Gasteiger partial charge in [-0.25, -0.2) is 5.01 Å². The third-order valence-corrected chi connectivity index (χ3v) is 7.67. The zero-order chi connectivity index (χ0) is 33.1. The quantitative estimate of drug-likeness (QED) is 0.116. The minimum Gasteiger partial charge on any atom is -0.508 e. The van der Waals surface area contributed by atoms with E-state index < -0.39 is 0 Å². The zero-order valence-electron chi connectivity index (χ0n) is 27.1. The molecule has 1 fully saturated rings. The van der Waals surface area contributed by atoms with Gasteiger partial charge in [-0.05, 0) is 92.1 Å². The molecule has 1 aliphatic heterocycles. The molecule has 1 aliphatic rings. The first-order chi connectivity index (χ1) is 21.0. The molecule has 0 bridgehead atoms. The van der Waals surface area contributed by atoms with Crippen molar-refractivity contribution in [1.29, 1.82) is 0 Å². The average Bonchev–Trinajstić information content (AvgIpc) is 3.01. The number of piperidine rings is 1. The lowest BCUT2D eigenvalue weighted by Gasteiger charge is -2.35. The summed E-state index contributed by atoms with van der Waals surface area (Å²) in [6, 6.07) is 12.1. The number of benzene rings is 2. The molecule has 1 saturated heterocycles. The number of nitrogens with one attached hydrogen (secondary N) is 2. The Hall–Kier alpha value is -2.97. The molecule has 0 saturated carbocycles. The number of carbonyl (C=O) groups is 1. The van der Waals surface area contributed by atoms with Crippen LogP contribution in [0.1, 0.15) is 85.1 Å². The first-order valence-electron chi connectivity index (χ1n) is 15.6. The van der Waals surface area contributed by atoms with Crippen LogP contribution in [0, 0.1) is 5.92 Å². The Bertz CT molecular complexity index is 1210. The van der Waals surface area contributed by atoms with E-state index in [1.165, 1.54) is 38.5 Å². The molecule has 0 spiro atoms. The van der Waals surface area contributed by atoms with Crippen molar-refractivity contribution in [2.75, 3.05) is 18.4 Å². The molecule has 44 heavy (non-hydrogen) atoms. The molecule has 3 rings (SSSR count). The number of aldehydes is 1. The van der Waals surface area contributed by atoms with Crippen LogP contribution < -0.4 is 22.2 Å². The van der Waals surface area contributed by atoms with Gasteiger partial charge in [0.1, 0.15) is 5.75 Å². The molecule has 0 amide bonds. The second-order valence-electron chi connectivity index (χ2n) is 10.9. The molecule has 7 N–H and O–H groups in total. The Labute approximate surface area is 275 Å². The lowest BCUT2D eigenvalue weighted by Crippen LogP contribution is -2.48. The number of nitrogens with zero attached hydrogens (tertiary/aromatic N) is 1. The second-order valence-corrected chi connectivity index (χ2v) is 11.8. The molecule has 2 aromatic rings. The standard InChI is InChI=1S/C28H38Cl2N4O.C4H10.C3H5NO/c1-4-7-20-9-6-16-34(18-20)33-26(8-5-2)27(31)19(3)28(21-10-13-23(35)14-11-21)32-25-15-12-22(29)17-24(25)30;1-3-4-2;1-3(4)2-5/h8,10-15,17,20,27,32-33,35H,4-7,9,16,18,31H2,1-3H3;3-4H2,1-2H3;2H,1,4H2/b26-8+,28-19-;;. The van der Waals surface area contributed by atoms with Gasteiger partial charge in [-0.15, -0.1) is 0 Å². The molecule has 2 unspecified atom stereocenters. The molecule has 244 valence electrons. The van der Waals surface area contributed by atoms with Crippen LogP contribution in [0.5, 0.6) is 5.75 Å². The van der Waals surface area contributed by atoms with Crippen molar-refractivity contribution in [3.8, 4) is 5.75 Å². The van der Waals surface area contributed by atoms with E-state index in [1.807, 2.05) is 25.1 Å². The SMILES string of the molecule is C=C(N)C=O.CC/C=C(/NN1CCCC(CCC)C1)C(N)/C(C)=C(\Nc1ccc(Cl)cc1Cl)c1ccc(O)cc1.CCCC. The number of allylic oxidation sites excluding steroid dienone is 2. The number of nitrogens with two attached hydrogens (primary N) is 2. The third kappa shape index (κ3) is 14.2. The fourth-order valence-corrected chi connectivity index (χ4v) is 5.05. The highest BCUT2D eigenvalue weighted by Crippen LogP contribution is 2.31. The van der Waals surface area contributed by atoms with E-state index in [1.54, 1.807) is 24.3 Å². The van der Waals surface area contributed by atoms with Crippen LogP contribution in [0.3, 0.4) is 0 Å². The highest BCUT2D eigenvalue weighted by molar-refractivity contribution is 6.36. The summed E-state index contributed by atoms with van der Waals surface area (Å²) in [4.78, 5) is 9.28. The fraction of sp³-hybridized carbons (Fsp3) is 0.457. The number of phenols is 1. The van der Waals surface area contributed by atoms with Gasteiger partial charge in [-0.1, -0.05) is 82.8 Å². The van der Waals surface area contributed by atoms with Crippen LogP contribution >= 0.6 is 23.2 Å². The Morgan fingerprint density at radius 2 is 1.75 bits per heavy atom. The van der Waals surface area contributed by atoms with E-state index in [0.717, 1.165) is 53.6 Å². The van der Waals surface area contributed by atoms with Crippen molar-refractivity contribution in [2.24, 2.45) is 17.4 Å². The molecule has 9 heteroatoms. The van der Waals surface area contributed by atoms with Gasteiger partial charge in [0, 0.05) is 29.5 Å². The smallest absolute Gasteiger partial charge is 0.165 e. The Kier molecular flexibility index (Phi) is 19.2. The largest absolute Gasteiger partial charge is 0.508 e. The number of rotatable bonds is 12. The van der Waals surface area contributed by atoms with E-state index in [0.29, 0.717) is 16.3 Å². The van der Waals surface area contributed by atoms with E-state index in [2.05, 4.69) is 56.1 Å². The van der Waals surface area contributed by atoms with Crippen LogP contribution in [0.15, 0.2) is 72.1 Å². The Morgan fingerprint density at radius 1 is 1.11 bits per heavy atom. The number of hydrogen-bond acceptors (Lipinski definition) is 7. The number of carbonyl (C=O) groups excluding carboxylic acids is 1. The lowest BCUT2D eigenvalue weighted by atomic mass is 9.94. The van der Waals surface area contributed by atoms with Gasteiger partial charge >= 0.3 is 0 Å². The van der Waals surface area contributed by atoms with E-state index in [-0.39, 0.29) is 17.5 Å². The van der Waals surface area contributed by atoms with Crippen molar-refractivity contribution in [2.45, 2.75) is 85.6 Å². The summed E-state index contributed by atoms with van der Waals surface area (Å²) in [6.45, 7) is 15.9. The normalized spacial score (nSPS) is 16.3. The maximum absolute atomic E-state index is 9.83. The fourth-order valence-electron chi connectivity index (χ4n) is 4.60. The summed E-state index contributed by atoms with van der Waals surface area (Å²) in [6.07, 6.45) is 11.1.